The number of alkyl halides is 11. The maximum Gasteiger partial charge on any atom is 0.460 e. The Labute approximate surface area is 156 Å². The molecule has 0 saturated heterocycles. The second kappa shape index (κ2) is 10.3. The Hall–Kier alpha value is -0.770. The number of halogens is 11. The molecule has 0 aliphatic carbocycles. The van der Waals surface area contributed by atoms with E-state index >= 15 is 0 Å². The Morgan fingerprint density at radius 3 is 1.11 bits per heavy atom. The van der Waals surface area contributed by atoms with Crippen LogP contribution in [0.1, 0.15) is 77.6 Å². The molecular weight excluding hydrogens is 413 g/mol. The Balaban J connectivity index is 4.81. The van der Waals surface area contributed by atoms with Gasteiger partial charge >= 0.3 is 24.2 Å². The Kier molecular flexibility index (Phi) is 10.0. The van der Waals surface area contributed by atoms with Gasteiger partial charge in [-0.3, -0.25) is 0 Å². The second-order valence-corrected chi connectivity index (χ2v) is 6.88. The monoisotopic (exact) mass is 438 g/mol. The summed E-state index contributed by atoms with van der Waals surface area (Å²) in [6.07, 6.45) is -10.5. The molecule has 0 spiro atoms. The van der Waals surface area contributed by atoms with Crippen molar-refractivity contribution in [1.82, 2.24) is 0 Å². The molecule has 1 unspecified atom stereocenters. The van der Waals surface area contributed by atoms with Crippen molar-refractivity contribution in [2.45, 2.75) is 107 Å². The summed E-state index contributed by atoms with van der Waals surface area (Å²) in [6, 6.07) is 0. The predicted molar refractivity (Wildman–Crippen MR) is 82.3 cm³/mol. The molecule has 0 fully saturated rings. The van der Waals surface area contributed by atoms with Gasteiger partial charge in [0.15, 0.2) is 0 Å². The summed E-state index contributed by atoms with van der Waals surface area (Å²) in [4.78, 5) is 0. The van der Waals surface area contributed by atoms with Crippen molar-refractivity contribution in [3.05, 3.63) is 0 Å². The molecule has 170 valence electrons. The van der Waals surface area contributed by atoms with Crippen molar-refractivity contribution in [1.29, 1.82) is 0 Å². The van der Waals surface area contributed by atoms with Gasteiger partial charge in [-0.25, -0.2) is 4.39 Å². The van der Waals surface area contributed by atoms with Gasteiger partial charge in [0.2, 0.25) is 0 Å². The average molecular weight is 438 g/mol. The second-order valence-electron chi connectivity index (χ2n) is 6.88. The quantitative estimate of drug-likeness (QED) is 0.200. The normalized spacial score (nSPS) is 16.3. The largest absolute Gasteiger partial charge is 0.460 e. The fourth-order valence-corrected chi connectivity index (χ4v) is 2.76. The van der Waals surface area contributed by atoms with E-state index in [0.717, 1.165) is 32.1 Å². The van der Waals surface area contributed by atoms with E-state index < -0.39 is 42.7 Å². The summed E-state index contributed by atoms with van der Waals surface area (Å²) < 4.78 is 141. The highest BCUT2D eigenvalue weighted by Gasteiger charge is 2.85. The molecule has 0 rings (SSSR count). The van der Waals surface area contributed by atoms with Crippen molar-refractivity contribution >= 4 is 0 Å². The molecule has 0 amide bonds. The van der Waals surface area contributed by atoms with E-state index in [0.29, 0.717) is 12.8 Å². The van der Waals surface area contributed by atoms with Crippen molar-refractivity contribution in [3.8, 4) is 0 Å². The summed E-state index contributed by atoms with van der Waals surface area (Å²) in [5.74, 6) is -14.2. The molecule has 11 heteroatoms. The van der Waals surface area contributed by atoms with E-state index in [4.69, 9.17) is 0 Å². The first kappa shape index (κ1) is 27.2. The first-order valence-corrected chi connectivity index (χ1v) is 9.14. The van der Waals surface area contributed by atoms with E-state index in [1.807, 2.05) is 6.92 Å². The van der Waals surface area contributed by atoms with Gasteiger partial charge in [-0.2, -0.15) is 43.9 Å². The van der Waals surface area contributed by atoms with E-state index in [9.17, 15) is 48.3 Å². The zero-order chi connectivity index (χ0) is 22.3. The van der Waals surface area contributed by atoms with Crippen LogP contribution in [0.5, 0.6) is 0 Å². The standard InChI is InChI=1S/C17H25F11/c1-2-3-4-5-6-7-8-9-10-11-12-13(18,16(23,24)25)14(19,20)15(21,22)17(26,27)28/h2-12H2,1H3. The lowest BCUT2D eigenvalue weighted by Gasteiger charge is -2.39. The molecule has 0 radical (unpaired) electrons. The smallest absolute Gasteiger partial charge is 0.227 e. The van der Waals surface area contributed by atoms with Crippen LogP contribution >= 0.6 is 0 Å². The molecule has 0 aliphatic heterocycles. The molecular formula is C17H25F11. The lowest BCUT2D eigenvalue weighted by Crippen LogP contribution is -2.67. The first-order valence-electron chi connectivity index (χ1n) is 9.14. The maximum atomic E-state index is 14.0. The van der Waals surface area contributed by atoms with Crippen LogP contribution in [0.15, 0.2) is 0 Å². The van der Waals surface area contributed by atoms with E-state index in [-0.39, 0.29) is 12.8 Å². The van der Waals surface area contributed by atoms with Gasteiger partial charge in [-0.15, -0.1) is 0 Å². The summed E-state index contributed by atoms with van der Waals surface area (Å²) >= 11 is 0. The molecule has 0 aliphatic rings. The number of hydrogen-bond acceptors (Lipinski definition) is 0. The SMILES string of the molecule is CCCCCCCCCCCCC(F)(C(F)(F)F)C(F)(F)C(F)(F)C(F)(F)F. The fourth-order valence-electron chi connectivity index (χ4n) is 2.76. The number of rotatable bonds is 13. The molecule has 28 heavy (non-hydrogen) atoms. The van der Waals surface area contributed by atoms with E-state index in [2.05, 4.69) is 0 Å². The van der Waals surface area contributed by atoms with Crippen LogP contribution < -0.4 is 0 Å². The van der Waals surface area contributed by atoms with Gasteiger partial charge in [0.25, 0.3) is 5.67 Å². The Morgan fingerprint density at radius 2 is 0.786 bits per heavy atom. The first-order chi connectivity index (χ1) is 12.6. The van der Waals surface area contributed by atoms with Crippen LogP contribution in [-0.4, -0.2) is 29.9 Å². The summed E-state index contributed by atoms with van der Waals surface area (Å²) in [5.41, 5.74) is -5.99. The fraction of sp³-hybridized carbons (Fsp3) is 1.00. The minimum atomic E-state index is -7.16. The van der Waals surface area contributed by atoms with Gasteiger partial charge in [-0.05, 0) is 12.8 Å². The van der Waals surface area contributed by atoms with Gasteiger partial charge in [0, 0.05) is 0 Å². The van der Waals surface area contributed by atoms with Gasteiger partial charge in [-0.1, -0.05) is 64.7 Å². The topological polar surface area (TPSA) is 0 Å². The molecule has 0 aromatic heterocycles. The third-order valence-electron chi connectivity index (χ3n) is 4.57. The molecule has 0 aromatic carbocycles. The average Bonchev–Trinajstić information content (AvgIpc) is 2.53. The van der Waals surface area contributed by atoms with Gasteiger partial charge < -0.3 is 0 Å². The van der Waals surface area contributed by atoms with Crippen molar-refractivity contribution in [2.24, 2.45) is 0 Å². The highest BCUT2D eigenvalue weighted by molar-refractivity contribution is 5.08. The molecule has 0 saturated carbocycles. The van der Waals surface area contributed by atoms with Gasteiger partial charge in [0.05, 0.1) is 0 Å². The molecule has 0 N–H and O–H groups in total. The minimum Gasteiger partial charge on any atom is -0.227 e. The summed E-state index contributed by atoms with van der Waals surface area (Å²) in [5, 5.41) is 0. The zero-order valence-electron chi connectivity index (χ0n) is 15.4. The number of unbranched alkanes of at least 4 members (excludes halogenated alkanes) is 9. The van der Waals surface area contributed by atoms with Crippen LogP contribution in [0.3, 0.4) is 0 Å². The summed E-state index contributed by atoms with van der Waals surface area (Å²) in [7, 11) is 0. The van der Waals surface area contributed by atoms with Crippen molar-refractivity contribution < 1.29 is 48.3 Å². The van der Waals surface area contributed by atoms with Crippen LogP contribution in [-0.2, 0) is 0 Å². The van der Waals surface area contributed by atoms with Crippen LogP contribution in [0.25, 0.3) is 0 Å². The Morgan fingerprint density at radius 1 is 0.429 bits per heavy atom. The highest BCUT2D eigenvalue weighted by Crippen LogP contribution is 2.58. The lowest BCUT2D eigenvalue weighted by molar-refractivity contribution is -0.412. The van der Waals surface area contributed by atoms with Crippen LogP contribution in [0.4, 0.5) is 48.3 Å². The Bertz CT molecular complexity index is 439. The molecule has 0 bridgehead atoms. The summed E-state index contributed by atoms with van der Waals surface area (Å²) in [6.45, 7) is 2.03. The maximum absolute atomic E-state index is 14.0. The predicted octanol–water partition coefficient (Wildman–Crippen LogP) is 8.40. The number of hydrogen-bond donors (Lipinski definition) is 0. The molecule has 1 atom stereocenters. The highest BCUT2D eigenvalue weighted by atomic mass is 19.4. The van der Waals surface area contributed by atoms with Crippen molar-refractivity contribution in [2.75, 3.05) is 0 Å². The van der Waals surface area contributed by atoms with Crippen LogP contribution in [0.2, 0.25) is 0 Å². The van der Waals surface area contributed by atoms with E-state index in [1.54, 1.807) is 0 Å². The zero-order valence-corrected chi connectivity index (χ0v) is 15.4. The minimum absolute atomic E-state index is 0.190. The van der Waals surface area contributed by atoms with Crippen molar-refractivity contribution in [3.63, 3.8) is 0 Å². The molecule has 0 aromatic rings. The van der Waals surface area contributed by atoms with Gasteiger partial charge in [0.1, 0.15) is 0 Å². The van der Waals surface area contributed by atoms with E-state index in [1.165, 1.54) is 0 Å². The van der Waals surface area contributed by atoms with Crippen LogP contribution in [0, 0.1) is 0 Å². The lowest BCUT2D eigenvalue weighted by atomic mass is 9.86. The third kappa shape index (κ3) is 6.37. The molecule has 0 nitrogen and oxygen atoms in total. The molecule has 0 heterocycles. The third-order valence-corrected chi connectivity index (χ3v) is 4.57.